The van der Waals surface area contributed by atoms with Crippen LogP contribution in [0.2, 0.25) is 5.02 Å². The molecule has 0 bridgehead atoms. The van der Waals surface area contributed by atoms with E-state index in [2.05, 4.69) is 11.7 Å². The molecule has 1 heterocycles. The average Bonchev–Trinajstić information content (AvgIpc) is 2.65. The SMILES string of the molecule is C=CCN(Cc1ccc(Cl)cc1)C(=O)c1nn(C)c2ccc(F)cc2c1=O. The number of fused-ring (bicyclic) bond motifs is 1. The quantitative estimate of drug-likeness (QED) is 0.631. The molecular weight excluding hydrogens is 369 g/mol. The van der Waals surface area contributed by atoms with Gasteiger partial charge < -0.3 is 4.90 Å². The molecule has 0 aliphatic rings. The summed E-state index contributed by atoms with van der Waals surface area (Å²) in [5.74, 6) is -1.09. The number of halogens is 2. The summed E-state index contributed by atoms with van der Waals surface area (Å²) < 4.78 is 15.0. The summed E-state index contributed by atoms with van der Waals surface area (Å²) in [6, 6.07) is 10.9. The third kappa shape index (κ3) is 3.90. The molecule has 1 aromatic heterocycles. The Labute approximate surface area is 160 Å². The molecule has 27 heavy (non-hydrogen) atoms. The van der Waals surface area contributed by atoms with Gasteiger partial charge >= 0.3 is 0 Å². The lowest BCUT2D eigenvalue weighted by Crippen LogP contribution is -2.36. The molecule has 0 spiro atoms. The summed E-state index contributed by atoms with van der Waals surface area (Å²) in [6.07, 6.45) is 1.57. The highest BCUT2D eigenvalue weighted by atomic mass is 35.5. The zero-order valence-electron chi connectivity index (χ0n) is 14.7. The summed E-state index contributed by atoms with van der Waals surface area (Å²) >= 11 is 5.89. The van der Waals surface area contributed by atoms with Gasteiger partial charge in [-0.25, -0.2) is 4.39 Å². The van der Waals surface area contributed by atoms with Crippen LogP contribution in [0.4, 0.5) is 4.39 Å². The number of nitrogens with zero attached hydrogens (tertiary/aromatic N) is 3. The number of aryl methyl sites for hydroxylation is 1. The number of amides is 1. The number of carbonyl (C=O) groups excluding carboxylic acids is 1. The Bertz CT molecular complexity index is 1080. The van der Waals surface area contributed by atoms with Gasteiger partial charge in [0.2, 0.25) is 5.43 Å². The molecule has 0 saturated heterocycles. The van der Waals surface area contributed by atoms with E-state index < -0.39 is 17.2 Å². The third-order valence-electron chi connectivity index (χ3n) is 4.14. The van der Waals surface area contributed by atoms with Crippen LogP contribution >= 0.6 is 11.6 Å². The minimum absolute atomic E-state index is 0.112. The Morgan fingerprint density at radius 3 is 2.67 bits per heavy atom. The molecule has 0 N–H and O–H groups in total. The van der Waals surface area contributed by atoms with Gasteiger partial charge in [0, 0.05) is 25.2 Å². The lowest BCUT2D eigenvalue weighted by atomic mass is 10.1. The normalized spacial score (nSPS) is 10.8. The van der Waals surface area contributed by atoms with Crippen molar-refractivity contribution >= 4 is 28.4 Å². The molecule has 5 nitrogen and oxygen atoms in total. The first-order valence-electron chi connectivity index (χ1n) is 8.22. The van der Waals surface area contributed by atoms with Crippen LogP contribution in [-0.4, -0.2) is 27.1 Å². The van der Waals surface area contributed by atoms with Crippen molar-refractivity contribution in [3.05, 3.63) is 87.4 Å². The molecule has 0 unspecified atom stereocenters. The second kappa shape index (κ2) is 7.72. The van der Waals surface area contributed by atoms with Crippen molar-refractivity contribution in [2.75, 3.05) is 6.54 Å². The molecule has 3 rings (SSSR count). The van der Waals surface area contributed by atoms with Crippen molar-refractivity contribution in [3.8, 4) is 0 Å². The Hall–Kier alpha value is -2.99. The van der Waals surface area contributed by atoms with Crippen molar-refractivity contribution < 1.29 is 9.18 Å². The van der Waals surface area contributed by atoms with E-state index in [9.17, 15) is 14.0 Å². The summed E-state index contributed by atoms with van der Waals surface area (Å²) in [7, 11) is 1.60. The van der Waals surface area contributed by atoms with Gasteiger partial charge in [-0.2, -0.15) is 5.10 Å². The van der Waals surface area contributed by atoms with E-state index in [1.165, 1.54) is 21.7 Å². The lowest BCUT2D eigenvalue weighted by molar-refractivity contribution is 0.0753. The molecule has 0 atom stereocenters. The van der Waals surface area contributed by atoms with Crippen molar-refractivity contribution in [1.82, 2.24) is 14.7 Å². The number of hydrogen-bond donors (Lipinski definition) is 0. The number of carbonyl (C=O) groups is 1. The zero-order chi connectivity index (χ0) is 19.6. The third-order valence-corrected chi connectivity index (χ3v) is 4.39. The second-order valence-corrected chi connectivity index (χ2v) is 6.50. The summed E-state index contributed by atoms with van der Waals surface area (Å²) in [4.78, 5) is 27.2. The summed E-state index contributed by atoms with van der Waals surface area (Å²) in [6.45, 7) is 4.15. The fourth-order valence-electron chi connectivity index (χ4n) is 2.82. The molecule has 0 saturated carbocycles. The highest BCUT2D eigenvalue weighted by Crippen LogP contribution is 2.15. The van der Waals surface area contributed by atoms with E-state index in [1.807, 2.05) is 0 Å². The van der Waals surface area contributed by atoms with Crippen molar-refractivity contribution in [2.45, 2.75) is 6.54 Å². The molecule has 3 aromatic rings. The van der Waals surface area contributed by atoms with Gasteiger partial charge in [0.1, 0.15) is 5.82 Å². The Morgan fingerprint density at radius 1 is 1.30 bits per heavy atom. The van der Waals surface area contributed by atoms with Gasteiger partial charge in [-0.15, -0.1) is 6.58 Å². The first-order valence-corrected chi connectivity index (χ1v) is 8.59. The first kappa shape index (κ1) is 18.8. The van der Waals surface area contributed by atoms with Crippen LogP contribution in [-0.2, 0) is 13.6 Å². The van der Waals surface area contributed by atoms with E-state index in [-0.39, 0.29) is 24.2 Å². The van der Waals surface area contributed by atoms with Gasteiger partial charge in [-0.1, -0.05) is 29.8 Å². The van der Waals surface area contributed by atoms with Gasteiger partial charge in [0.15, 0.2) is 5.69 Å². The van der Waals surface area contributed by atoms with Crippen LogP contribution in [0.3, 0.4) is 0 Å². The highest BCUT2D eigenvalue weighted by Gasteiger charge is 2.22. The van der Waals surface area contributed by atoms with Crippen LogP contribution in [0.5, 0.6) is 0 Å². The predicted molar refractivity (Wildman–Crippen MR) is 103 cm³/mol. The Kier molecular flexibility index (Phi) is 5.37. The zero-order valence-corrected chi connectivity index (χ0v) is 15.4. The molecule has 0 radical (unpaired) electrons. The van der Waals surface area contributed by atoms with Crippen LogP contribution in [0.15, 0.2) is 59.9 Å². The number of rotatable bonds is 5. The van der Waals surface area contributed by atoms with Crippen LogP contribution in [0.1, 0.15) is 16.1 Å². The maximum atomic E-state index is 13.6. The largest absolute Gasteiger partial charge is 0.329 e. The summed E-state index contributed by atoms with van der Waals surface area (Å²) in [5.41, 5.74) is 0.438. The van der Waals surface area contributed by atoms with Crippen LogP contribution in [0, 0.1) is 5.82 Å². The molecule has 0 aliphatic heterocycles. The smallest absolute Gasteiger partial charge is 0.278 e. The van der Waals surface area contributed by atoms with Crippen molar-refractivity contribution in [1.29, 1.82) is 0 Å². The van der Waals surface area contributed by atoms with Gasteiger partial charge in [-0.3, -0.25) is 14.3 Å². The van der Waals surface area contributed by atoms with Crippen molar-refractivity contribution in [3.63, 3.8) is 0 Å². The van der Waals surface area contributed by atoms with Gasteiger partial charge in [-0.05, 0) is 35.9 Å². The molecular formula is C20H17ClFN3O2. The van der Waals surface area contributed by atoms with Crippen LogP contribution < -0.4 is 5.43 Å². The molecule has 1 amide bonds. The predicted octanol–water partition coefficient (Wildman–Crippen LogP) is 3.55. The topological polar surface area (TPSA) is 55.2 Å². The minimum Gasteiger partial charge on any atom is -0.329 e. The van der Waals surface area contributed by atoms with Gasteiger partial charge in [0.05, 0.1) is 10.9 Å². The molecule has 0 aliphatic carbocycles. The maximum Gasteiger partial charge on any atom is 0.278 e. The summed E-state index contributed by atoms with van der Waals surface area (Å²) in [5, 5.41) is 4.83. The molecule has 2 aromatic carbocycles. The number of benzene rings is 2. The fourth-order valence-corrected chi connectivity index (χ4v) is 2.95. The maximum absolute atomic E-state index is 13.6. The van der Waals surface area contributed by atoms with Gasteiger partial charge in [0.25, 0.3) is 5.91 Å². The number of hydrogen-bond acceptors (Lipinski definition) is 3. The first-order chi connectivity index (χ1) is 12.9. The van der Waals surface area contributed by atoms with E-state index >= 15 is 0 Å². The monoisotopic (exact) mass is 385 g/mol. The van der Waals surface area contributed by atoms with E-state index in [4.69, 9.17) is 11.6 Å². The van der Waals surface area contributed by atoms with Crippen molar-refractivity contribution in [2.24, 2.45) is 7.05 Å². The van der Waals surface area contributed by atoms with Crippen LogP contribution in [0.25, 0.3) is 10.9 Å². The van der Waals surface area contributed by atoms with E-state index in [0.717, 1.165) is 11.6 Å². The Morgan fingerprint density at radius 2 is 2.00 bits per heavy atom. The number of aromatic nitrogens is 2. The minimum atomic E-state index is -0.599. The highest BCUT2D eigenvalue weighted by molar-refractivity contribution is 6.30. The van der Waals surface area contributed by atoms with E-state index in [1.54, 1.807) is 37.4 Å². The second-order valence-electron chi connectivity index (χ2n) is 6.06. The molecule has 7 heteroatoms. The molecule has 138 valence electrons. The average molecular weight is 386 g/mol. The molecule has 0 fully saturated rings. The Balaban J connectivity index is 2.03. The van der Waals surface area contributed by atoms with E-state index in [0.29, 0.717) is 10.5 Å². The fraction of sp³-hybridized carbons (Fsp3) is 0.150. The standard InChI is InChI=1S/C20H17ClFN3O2/c1-3-10-25(12-13-4-6-14(21)7-5-13)20(27)18-19(26)16-11-15(22)8-9-17(16)24(2)23-18/h3-9,11H,1,10,12H2,2H3. The lowest BCUT2D eigenvalue weighted by Gasteiger charge is -2.21.